The summed E-state index contributed by atoms with van der Waals surface area (Å²) in [6.07, 6.45) is 2.07. The number of unbranched alkanes of at least 4 members (excludes halogenated alkanes) is 1. The van der Waals surface area contributed by atoms with Crippen LogP contribution in [0.25, 0.3) is 22.7 Å². The van der Waals surface area contributed by atoms with Crippen molar-refractivity contribution in [2.45, 2.75) is 26.7 Å². The first kappa shape index (κ1) is 19.5. The number of rotatable bonds is 8. The summed E-state index contributed by atoms with van der Waals surface area (Å²) in [5.74, 6) is 1.27. The van der Waals surface area contributed by atoms with Crippen LogP contribution in [0.5, 0.6) is 17.2 Å². The molecule has 2 aromatic carbocycles. The maximum absolute atomic E-state index is 12.0. The zero-order valence-corrected chi connectivity index (χ0v) is 16.0. The molecule has 3 rings (SSSR count). The van der Waals surface area contributed by atoms with Crippen LogP contribution >= 0.6 is 0 Å². The standard InChI is InChI=1S/C22H23NO5/c1-3-5-12-27-16-8-6-15(7-9-16)19-14-21(25)28-22(23-19)18-11-10-17(26-4-2)13-20(18)24/h6-11,13-14,24H,3-5,12H2,1-2H3. The Morgan fingerprint density at radius 2 is 1.75 bits per heavy atom. The van der Waals surface area contributed by atoms with E-state index in [1.807, 2.05) is 31.2 Å². The SMILES string of the molecule is CCCCOc1ccc(-c2cc(=O)oc(-c3ccc(OCC)cc3O)n2)cc1. The van der Waals surface area contributed by atoms with Gasteiger partial charge in [0.25, 0.3) is 0 Å². The Labute approximate surface area is 163 Å². The van der Waals surface area contributed by atoms with Crippen molar-refractivity contribution in [1.29, 1.82) is 0 Å². The summed E-state index contributed by atoms with van der Waals surface area (Å²) < 4.78 is 16.2. The first-order valence-electron chi connectivity index (χ1n) is 9.32. The summed E-state index contributed by atoms with van der Waals surface area (Å²) in [4.78, 5) is 16.4. The Morgan fingerprint density at radius 3 is 2.43 bits per heavy atom. The van der Waals surface area contributed by atoms with Crippen LogP contribution in [0.3, 0.4) is 0 Å². The number of phenolic OH excluding ortho intramolecular Hbond substituents is 1. The number of ether oxygens (including phenoxy) is 2. The predicted molar refractivity (Wildman–Crippen MR) is 107 cm³/mol. The average molecular weight is 381 g/mol. The van der Waals surface area contributed by atoms with Gasteiger partial charge in [0.05, 0.1) is 30.5 Å². The Morgan fingerprint density at radius 1 is 1.00 bits per heavy atom. The van der Waals surface area contributed by atoms with Crippen molar-refractivity contribution in [3.8, 4) is 40.0 Å². The van der Waals surface area contributed by atoms with Gasteiger partial charge in [-0.3, -0.25) is 0 Å². The predicted octanol–water partition coefficient (Wildman–Crippen LogP) is 4.65. The smallest absolute Gasteiger partial charge is 0.339 e. The zero-order chi connectivity index (χ0) is 19.9. The lowest BCUT2D eigenvalue weighted by atomic mass is 10.1. The van der Waals surface area contributed by atoms with Gasteiger partial charge in [0.1, 0.15) is 17.2 Å². The molecule has 0 saturated heterocycles. The second-order valence-electron chi connectivity index (χ2n) is 6.21. The molecule has 6 heteroatoms. The van der Waals surface area contributed by atoms with E-state index in [0.717, 1.165) is 24.2 Å². The molecule has 0 unspecified atom stereocenters. The van der Waals surface area contributed by atoms with Gasteiger partial charge in [-0.2, -0.15) is 0 Å². The number of phenols is 1. The Hall–Kier alpha value is -3.28. The summed E-state index contributed by atoms with van der Waals surface area (Å²) in [6, 6.07) is 13.5. The monoisotopic (exact) mass is 381 g/mol. The first-order valence-corrected chi connectivity index (χ1v) is 9.32. The third kappa shape index (κ3) is 4.71. The van der Waals surface area contributed by atoms with Crippen molar-refractivity contribution in [2.24, 2.45) is 0 Å². The Bertz CT molecular complexity index is 979. The molecule has 3 aromatic rings. The molecule has 1 aromatic heterocycles. The molecule has 0 aliphatic rings. The fourth-order valence-electron chi connectivity index (χ4n) is 2.67. The minimum atomic E-state index is -0.545. The molecule has 0 radical (unpaired) electrons. The van der Waals surface area contributed by atoms with E-state index < -0.39 is 5.63 Å². The Kier molecular flexibility index (Phi) is 6.32. The molecule has 6 nitrogen and oxygen atoms in total. The van der Waals surface area contributed by atoms with Crippen LogP contribution in [0.15, 0.2) is 57.7 Å². The lowest BCUT2D eigenvalue weighted by Gasteiger charge is -2.08. The van der Waals surface area contributed by atoms with Crippen LogP contribution in [-0.4, -0.2) is 23.3 Å². The van der Waals surface area contributed by atoms with Crippen molar-refractivity contribution < 1.29 is 19.0 Å². The first-order chi connectivity index (χ1) is 13.6. The quantitative estimate of drug-likeness (QED) is 0.572. The molecular formula is C22H23NO5. The maximum Gasteiger partial charge on any atom is 0.339 e. The van der Waals surface area contributed by atoms with Crippen molar-refractivity contribution >= 4 is 0 Å². The molecule has 0 spiro atoms. The third-order valence-corrected chi connectivity index (χ3v) is 4.10. The van der Waals surface area contributed by atoms with Crippen molar-refractivity contribution in [2.75, 3.05) is 13.2 Å². The molecule has 1 heterocycles. The highest BCUT2D eigenvalue weighted by Gasteiger charge is 2.13. The lowest BCUT2D eigenvalue weighted by molar-refractivity contribution is 0.309. The summed E-state index contributed by atoms with van der Waals surface area (Å²) in [5, 5.41) is 10.3. The number of hydrogen-bond donors (Lipinski definition) is 1. The molecule has 0 aliphatic heterocycles. The van der Waals surface area contributed by atoms with Gasteiger partial charge in [0.2, 0.25) is 5.89 Å². The molecule has 146 valence electrons. The summed E-state index contributed by atoms with van der Waals surface area (Å²) in [7, 11) is 0. The van der Waals surface area contributed by atoms with E-state index in [4.69, 9.17) is 13.9 Å². The number of aromatic hydroxyl groups is 1. The largest absolute Gasteiger partial charge is 0.507 e. The van der Waals surface area contributed by atoms with Crippen LogP contribution < -0.4 is 15.1 Å². The average Bonchev–Trinajstić information content (AvgIpc) is 2.68. The number of benzene rings is 2. The molecule has 28 heavy (non-hydrogen) atoms. The maximum atomic E-state index is 12.0. The second-order valence-corrected chi connectivity index (χ2v) is 6.21. The van der Waals surface area contributed by atoms with Crippen LogP contribution in [0, 0.1) is 0 Å². The van der Waals surface area contributed by atoms with E-state index in [2.05, 4.69) is 11.9 Å². The van der Waals surface area contributed by atoms with E-state index in [0.29, 0.717) is 30.2 Å². The highest BCUT2D eigenvalue weighted by molar-refractivity contribution is 5.67. The van der Waals surface area contributed by atoms with Crippen molar-refractivity contribution in [3.63, 3.8) is 0 Å². The van der Waals surface area contributed by atoms with E-state index >= 15 is 0 Å². The molecule has 0 bridgehead atoms. The van der Waals surface area contributed by atoms with Gasteiger partial charge < -0.3 is 19.0 Å². The molecule has 0 amide bonds. The highest BCUT2D eigenvalue weighted by atomic mass is 16.5. The lowest BCUT2D eigenvalue weighted by Crippen LogP contribution is -2.02. The summed E-state index contributed by atoms with van der Waals surface area (Å²) in [5.41, 5.74) is 0.987. The van der Waals surface area contributed by atoms with Gasteiger partial charge in [-0.15, -0.1) is 0 Å². The fourth-order valence-corrected chi connectivity index (χ4v) is 2.67. The molecule has 0 saturated carbocycles. The fraction of sp³-hybridized carbons (Fsp3) is 0.273. The zero-order valence-electron chi connectivity index (χ0n) is 16.0. The number of nitrogens with zero attached hydrogens (tertiary/aromatic N) is 1. The minimum Gasteiger partial charge on any atom is -0.507 e. The summed E-state index contributed by atoms with van der Waals surface area (Å²) in [6.45, 7) is 5.12. The molecule has 1 N–H and O–H groups in total. The van der Waals surface area contributed by atoms with Crippen molar-refractivity contribution in [1.82, 2.24) is 4.98 Å². The van der Waals surface area contributed by atoms with E-state index in [1.165, 1.54) is 12.1 Å². The van der Waals surface area contributed by atoms with Crippen LogP contribution in [0.1, 0.15) is 26.7 Å². The van der Waals surface area contributed by atoms with E-state index in [9.17, 15) is 9.90 Å². The molecule has 0 atom stereocenters. The second kappa shape index (κ2) is 9.08. The van der Waals surface area contributed by atoms with Gasteiger partial charge in [-0.1, -0.05) is 13.3 Å². The summed E-state index contributed by atoms with van der Waals surface area (Å²) >= 11 is 0. The topological polar surface area (TPSA) is 81.8 Å². The van der Waals surface area contributed by atoms with Crippen LogP contribution in [0.2, 0.25) is 0 Å². The van der Waals surface area contributed by atoms with Gasteiger partial charge >= 0.3 is 5.63 Å². The van der Waals surface area contributed by atoms with E-state index in [1.54, 1.807) is 12.1 Å². The van der Waals surface area contributed by atoms with Gasteiger partial charge in [-0.25, -0.2) is 9.78 Å². The molecular weight excluding hydrogens is 358 g/mol. The number of aromatic nitrogens is 1. The third-order valence-electron chi connectivity index (χ3n) is 4.10. The van der Waals surface area contributed by atoms with Crippen LogP contribution in [-0.2, 0) is 0 Å². The highest BCUT2D eigenvalue weighted by Crippen LogP contribution is 2.32. The van der Waals surface area contributed by atoms with Crippen molar-refractivity contribution in [3.05, 3.63) is 59.0 Å². The van der Waals surface area contributed by atoms with Gasteiger partial charge in [-0.05, 0) is 49.7 Å². The number of hydrogen-bond acceptors (Lipinski definition) is 6. The van der Waals surface area contributed by atoms with Crippen LogP contribution in [0.4, 0.5) is 0 Å². The van der Waals surface area contributed by atoms with E-state index in [-0.39, 0.29) is 11.6 Å². The molecule has 0 fully saturated rings. The minimum absolute atomic E-state index is 0.0475. The van der Waals surface area contributed by atoms with Gasteiger partial charge in [0.15, 0.2) is 0 Å². The van der Waals surface area contributed by atoms with Gasteiger partial charge in [0, 0.05) is 11.6 Å². The normalized spacial score (nSPS) is 10.6. The molecule has 0 aliphatic carbocycles. The Balaban J connectivity index is 1.89.